The van der Waals surface area contributed by atoms with E-state index < -0.39 is 10.0 Å². The molecule has 1 heterocycles. The second kappa shape index (κ2) is 4.90. The summed E-state index contributed by atoms with van der Waals surface area (Å²) < 4.78 is 31.6. The highest BCUT2D eigenvalue weighted by Gasteiger charge is 2.31. The number of benzene rings is 1. The number of aryl methyl sites for hydroxylation is 1. The largest absolute Gasteiger partial charge is 0.497 e. The highest BCUT2D eigenvalue weighted by molar-refractivity contribution is 7.89. The van der Waals surface area contributed by atoms with Crippen LogP contribution in [0.15, 0.2) is 23.1 Å². The molecular formula is C13H19NO3S. The van der Waals surface area contributed by atoms with E-state index >= 15 is 0 Å². The van der Waals surface area contributed by atoms with Gasteiger partial charge in [0.05, 0.1) is 12.0 Å². The fraction of sp³-hybridized carbons (Fsp3) is 0.538. The monoisotopic (exact) mass is 269 g/mol. The van der Waals surface area contributed by atoms with Crippen LogP contribution in [0.5, 0.6) is 5.75 Å². The maximum atomic E-state index is 12.5. The molecule has 2 rings (SSSR count). The van der Waals surface area contributed by atoms with Crippen molar-refractivity contribution < 1.29 is 13.2 Å². The van der Waals surface area contributed by atoms with Crippen molar-refractivity contribution in [1.29, 1.82) is 0 Å². The molecule has 0 N–H and O–H groups in total. The third-order valence-electron chi connectivity index (χ3n) is 3.39. The van der Waals surface area contributed by atoms with Crippen LogP contribution in [0.4, 0.5) is 0 Å². The molecule has 1 aliphatic heterocycles. The number of hydrogen-bond acceptors (Lipinski definition) is 3. The van der Waals surface area contributed by atoms with Crippen molar-refractivity contribution in [3.63, 3.8) is 0 Å². The Kier molecular flexibility index (Phi) is 3.64. The summed E-state index contributed by atoms with van der Waals surface area (Å²) in [6.07, 6.45) is 0.939. The normalized spacial score (nSPS) is 21.2. The quantitative estimate of drug-likeness (QED) is 0.843. The minimum Gasteiger partial charge on any atom is -0.497 e. The van der Waals surface area contributed by atoms with E-state index in [-0.39, 0.29) is 0 Å². The van der Waals surface area contributed by atoms with E-state index in [0.717, 1.165) is 12.0 Å². The van der Waals surface area contributed by atoms with Gasteiger partial charge in [-0.15, -0.1) is 0 Å². The van der Waals surface area contributed by atoms with Gasteiger partial charge < -0.3 is 4.74 Å². The Morgan fingerprint density at radius 3 is 2.61 bits per heavy atom. The van der Waals surface area contributed by atoms with Gasteiger partial charge in [-0.1, -0.05) is 6.92 Å². The lowest BCUT2D eigenvalue weighted by atomic mass is 10.2. The summed E-state index contributed by atoms with van der Waals surface area (Å²) in [6, 6.07) is 5.08. The van der Waals surface area contributed by atoms with E-state index in [1.807, 2.05) is 0 Å². The molecule has 18 heavy (non-hydrogen) atoms. The number of methoxy groups -OCH3 is 1. The molecule has 0 amide bonds. The van der Waals surface area contributed by atoms with Crippen molar-refractivity contribution in [1.82, 2.24) is 4.31 Å². The summed E-state index contributed by atoms with van der Waals surface area (Å²) in [4.78, 5) is 0.386. The van der Waals surface area contributed by atoms with Crippen molar-refractivity contribution >= 4 is 10.0 Å². The third-order valence-corrected chi connectivity index (χ3v) is 5.41. The van der Waals surface area contributed by atoms with Crippen LogP contribution in [0.3, 0.4) is 0 Å². The molecule has 1 unspecified atom stereocenters. The first-order valence-corrected chi connectivity index (χ1v) is 7.54. The van der Waals surface area contributed by atoms with E-state index in [1.54, 1.807) is 36.5 Å². The van der Waals surface area contributed by atoms with Gasteiger partial charge in [-0.05, 0) is 43.0 Å². The highest BCUT2D eigenvalue weighted by atomic mass is 32.2. The van der Waals surface area contributed by atoms with Gasteiger partial charge in [-0.25, -0.2) is 8.42 Å². The Hall–Kier alpha value is -1.07. The summed E-state index contributed by atoms with van der Waals surface area (Å²) in [5.74, 6) is 1.12. The second-order valence-corrected chi connectivity index (χ2v) is 6.79. The van der Waals surface area contributed by atoms with Crippen molar-refractivity contribution in [2.24, 2.45) is 5.92 Å². The Balaban J connectivity index is 2.36. The van der Waals surface area contributed by atoms with Gasteiger partial charge in [0.2, 0.25) is 10.0 Å². The standard InChI is InChI=1S/C13H19NO3S/c1-10-6-7-14(9-10)18(15,16)13-5-4-12(17-3)8-11(13)2/h4-5,8,10H,6-7,9H2,1-3H3. The van der Waals surface area contributed by atoms with E-state index in [0.29, 0.717) is 29.7 Å². The van der Waals surface area contributed by atoms with Crippen LogP contribution in [-0.4, -0.2) is 32.9 Å². The molecule has 0 aromatic heterocycles. The first-order valence-electron chi connectivity index (χ1n) is 6.10. The fourth-order valence-electron chi connectivity index (χ4n) is 2.29. The van der Waals surface area contributed by atoms with Gasteiger partial charge in [0.1, 0.15) is 5.75 Å². The molecule has 1 aromatic carbocycles. The highest BCUT2D eigenvalue weighted by Crippen LogP contribution is 2.27. The van der Waals surface area contributed by atoms with E-state index in [4.69, 9.17) is 4.74 Å². The summed E-state index contributed by atoms with van der Waals surface area (Å²) in [5, 5.41) is 0. The first-order chi connectivity index (χ1) is 8.45. The van der Waals surface area contributed by atoms with Gasteiger partial charge >= 0.3 is 0 Å². The van der Waals surface area contributed by atoms with Crippen LogP contribution in [0, 0.1) is 12.8 Å². The van der Waals surface area contributed by atoms with Crippen molar-refractivity contribution in [2.75, 3.05) is 20.2 Å². The number of rotatable bonds is 3. The molecular weight excluding hydrogens is 250 g/mol. The van der Waals surface area contributed by atoms with E-state index in [2.05, 4.69) is 6.92 Å². The molecule has 0 saturated carbocycles. The fourth-order valence-corrected chi connectivity index (χ4v) is 4.07. The molecule has 0 bridgehead atoms. The number of sulfonamides is 1. The molecule has 5 heteroatoms. The van der Waals surface area contributed by atoms with Crippen LogP contribution >= 0.6 is 0 Å². The van der Waals surface area contributed by atoms with Crippen molar-refractivity contribution in [3.05, 3.63) is 23.8 Å². The molecule has 1 fully saturated rings. The Morgan fingerprint density at radius 2 is 2.11 bits per heavy atom. The summed E-state index contributed by atoms with van der Waals surface area (Å²) in [5.41, 5.74) is 0.730. The zero-order valence-electron chi connectivity index (χ0n) is 11.0. The predicted molar refractivity (Wildman–Crippen MR) is 70.3 cm³/mol. The molecule has 4 nitrogen and oxygen atoms in total. The van der Waals surface area contributed by atoms with Crippen LogP contribution in [0.2, 0.25) is 0 Å². The smallest absolute Gasteiger partial charge is 0.243 e. The van der Waals surface area contributed by atoms with E-state index in [9.17, 15) is 8.42 Å². The van der Waals surface area contributed by atoms with Gasteiger partial charge in [-0.3, -0.25) is 0 Å². The van der Waals surface area contributed by atoms with Crippen LogP contribution in [0.25, 0.3) is 0 Å². The first kappa shape index (κ1) is 13.4. The lowest BCUT2D eigenvalue weighted by Gasteiger charge is -2.18. The topological polar surface area (TPSA) is 46.6 Å². The van der Waals surface area contributed by atoms with Gasteiger partial charge in [0, 0.05) is 13.1 Å². The molecule has 1 aromatic rings. The predicted octanol–water partition coefficient (Wildman–Crippen LogP) is 2.03. The Morgan fingerprint density at radius 1 is 1.39 bits per heavy atom. The van der Waals surface area contributed by atoms with Gasteiger partial charge in [0.25, 0.3) is 0 Å². The van der Waals surface area contributed by atoms with Crippen LogP contribution in [0.1, 0.15) is 18.9 Å². The number of nitrogens with zero attached hydrogens (tertiary/aromatic N) is 1. The van der Waals surface area contributed by atoms with E-state index in [1.165, 1.54) is 0 Å². The molecule has 0 spiro atoms. The van der Waals surface area contributed by atoms with Crippen LogP contribution in [-0.2, 0) is 10.0 Å². The molecule has 0 radical (unpaired) electrons. The Bertz CT molecular complexity index is 539. The zero-order valence-corrected chi connectivity index (χ0v) is 11.8. The molecule has 1 aliphatic rings. The number of ether oxygens (including phenoxy) is 1. The zero-order chi connectivity index (χ0) is 13.3. The third kappa shape index (κ3) is 2.37. The second-order valence-electron chi connectivity index (χ2n) is 4.89. The molecule has 1 atom stereocenters. The minimum absolute atomic E-state index is 0.386. The molecule has 100 valence electrons. The lowest BCUT2D eigenvalue weighted by molar-refractivity contribution is 0.413. The Labute approximate surface area is 109 Å². The molecule has 0 aliphatic carbocycles. The average Bonchev–Trinajstić information content (AvgIpc) is 2.76. The summed E-state index contributed by atoms with van der Waals surface area (Å²) >= 11 is 0. The lowest BCUT2D eigenvalue weighted by Crippen LogP contribution is -2.29. The SMILES string of the molecule is COc1ccc(S(=O)(=O)N2CCC(C)C2)c(C)c1. The van der Waals surface area contributed by atoms with Crippen molar-refractivity contribution in [3.8, 4) is 5.75 Å². The molecule has 1 saturated heterocycles. The number of hydrogen-bond donors (Lipinski definition) is 0. The summed E-state index contributed by atoms with van der Waals surface area (Å²) in [7, 11) is -1.77. The average molecular weight is 269 g/mol. The van der Waals surface area contributed by atoms with Crippen molar-refractivity contribution in [2.45, 2.75) is 25.2 Å². The minimum atomic E-state index is -3.35. The van der Waals surface area contributed by atoms with Crippen LogP contribution < -0.4 is 4.74 Å². The maximum absolute atomic E-state index is 12.5. The maximum Gasteiger partial charge on any atom is 0.243 e. The summed E-state index contributed by atoms with van der Waals surface area (Å²) in [6.45, 7) is 5.12. The van der Waals surface area contributed by atoms with Gasteiger partial charge in [0.15, 0.2) is 0 Å². The van der Waals surface area contributed by atoms with Gasteiger partial charge in [-0.2, -0.15) is 4.31 Å².